The van der Waals surface area contributed by atoms with E-state index < -0.39 is 0 Å². The maximum atomic E-state index is 3.32. The van der Waals surface area contributed by atoms with Crippen LogP contribution >= 0.6 is 12.7 Å². The van der Waals surface area contributed by atoms with Crippen molar-refractivity contribution in [1.29, 1.82) is 0 Å². The van der Waals surface area contributed by atoms with Crippen LogP contribution in [0.15, 0.2) is 0 Å². The van der Waals surface area contributed by atoms with Crippen LogP contribution in [-0.4, -0.2) is 29.9 Å². The van der Waals surface area contributed by atoms with Crippen molar-refractivity contribution in [3.63, 3.8) is 0 Å². The standard InChI is InChI=1S/CH3.BrH.2H2O.Sn/h1H3;1H;2*1H2;/q;;;;+1/p-1. The van der Waals surface area contributed by atoms with Crippen molar-refractivity contribution in [3.8, 4) is 0 Å². The first-order chi connectivity index (χ1) is 1.41. The Hall–Kier alpha value is 1.20. The van der Waals surface area contributed by atoms with Crippen LogP contribution in [0, 0.1) is 0 Å². The molecule has 0 heterocycles. The molecule has 0 aliphatic heterocycles. The number of hydrogen-bond donors (Lipinski definition) is 0. The van der Waals surface area contributed by atoms with Crippen LogP contribution in [0.1, 0.15) is 0 Å². The zero-order chi connectivity index (χ0) is 2.71. The van der Waals surface area contributed by atoms with E-state index in [9.17, 15) is 0 Å². The van der Waals surface area contributed by atoms with Gasteiger partial charge in [0.1, 0.15) is 0 Å². The Balaban J connectivity index is -0.0000000200. The van der Waals surface area contributed by atoms with Gasteiger partial charge < -0.3 is 11.0 Å². The Morgan fingerprint density at radius 1 is 1.40 bits per heavy atom. The van der Waals surface area contributed by atoms with Crippen molar-refractivity contribution in [2.45, 2.75) is 4.94 Å². The Kier molecular flexibility index (Phi) is 62.1. The second kappa shape index (κ2) is 19.0. The monoisotopic (exact) mass is 250 g/mol. The van der Waals surface area contributed by atoms with Crippen LogP contribution in [0.25, 0.3) is 0 Å². The molecule has 0 bridgehead atoms. The third-order valence-electron chi connectivity index (χ3n) is 0. The van der Waals surface area contributed by atoms with E-state index in [1.54, 1.807) is 0 Å². The Morgan fingerprint density at radius 3 is 1.40 bits per heavy atom. The van der Waals surface area contributed by atoms with Gasteiger partial charge in [0, 0.05) is 0 Å². The molecule has 0 atom stereocenters. The molecule has 0 rings (SSSR count). The molecule has 0 aliphatic carbocycles. The van der Waals surface area contributed by atoms with Crippen molar-refractivity contribution >= 4 is 31.6 Å². The van der Waals surface area contributed by atoms with Crippen LogP contribution in [0.2, 0.25) is 4.94 Å². The molecule has 5 heavy (non-hydrogen) atoms. The summed E-state index contributed by atoms with van der Waals surface area (Å²) in [5.41, 5.74) is 0. The fourth-order valence-corrected chi connectivity index (χ4v) is 0. The summed E-state index contributed by atoms with van der Waals surface area (Å²) in [5.74, 6) is 0. The predicted octanol–water partition coefficient (Wildman–Crippen LogP) is -0.601. The van der Waals surface area contributed by atoms with Crippen molar-refractivity contribution in [2.75, 3.05) is 0 Å². The van der Waals surface area contributed by atoms with E-state index in [1.807, 2.05) is 0 Å². The van der Waals surface area contributed by atoms with Crippen molar-refractivity contribution in [3.05, 3.63) is 0 Å². The molecule has 0 aromatic heterocycles. The predicted molar refractivity (Wildman–Crippen MR) is 27.8 cm³/mol. The summed E-state index contributed by atoms with van der Waals surface area (Å²) in [6.07, 6.45) is 0. The summed E-state index contributed by atoms with van der Waals surface area (Å²) in [7, 11) is 0. The van der Waals surface area contributed by atoms with E-state index in [0.717, 1.165) is 0 Å². The molecular formula is CH7BrO2Sn. The van der Waals surface area contributed by atoms with Gasteiger partial charge in [0.15, 0.2) is 0 Å². The third-order valence-corrected chi connectivity index (χ3v) is 0. The first-order valence-electron chi connectivity index (χ1n) is 0.689. The van der Waals surface area contributed by atoms with E-state index >= 15 is 0 Å². The van der Waals surface area contributed by atoms with Gasteiger partial charge in [-0.2, -0.15) is 0 Å². The fourth-order valence-electron chi connectivity index (χ4n) is 0. The first-order valence-corrected chi connectivity index (χ1v) is 9.94. The van der Waals surface area contributed by atoms with Gasteiger partial charge in [-0.3, -0.25) is 0 Å². The van der Waals surface area contributed by atoms with E-state index in [1.165, 1.54) is 0 Å². The van der Waals surface area contributed by atoms with Crippen LogP contribution in [-0.2, 0) is 0 Å². The maximum absolute atomic E-state index is 3.32. The van der Waals surface area contributed by atoms with E-state index in [4.69, 9.17) is 0 Å². The van der Waals surface area contributed by atoms with E-state index in [0.29, 0.717) is 0 Å². The molecule has 0 aromatic rings. The molecule has 4 N–H and O–H groups in total. The number of rotatable bonds is 0. The molecule has 0 aliphatic rings. The van der Waals surface area contributed by atoms with Crippen molar-refractivity contribution in [1.82, 2.24) is 0 Å². The van der Waals surface area contributed by atoms with Gasteiger partial charge in [0.05, 0.1) is 0 Å². The molecule has 0 saturated heterocycles. The third kappa shape index (κ3) is 37.0. The average Bonchev–Trinajstić information content (AvgIpc) is 0.918. The van der Waals surface area contributed by atoms with Crippen LogP contribution in [0.3, 0.4) is 0 Å². The topological polar surface area (TPSA) is 63.0 Å². The molecule has 2 radical (unpaired) electrons. The zero-order valence-corrected chi connectivity index (χ0v) is 7.32. The molecule has 0 aromatic carbocycles. The van der Waals surface area contributed by atoms with Gasteiger partial charge in [-0.05, 0) is 0 Å². The SMILES string of the molecule is O.O.[CH3][Sn][Br]. The molecule has 0 spiro atoms. The van der Waals surface area contributed by atoms with Gasteiger partial charge in [-0.25, -0.2) is 0 Å². The van der Waals surface area contributed by atoms with Gasteiger partial charge in [0.2, 0.25) is 0 Å². The first kappa shape index (κ1) is 16.4. The quantitative estimate of drug-likeness (QED) is 0.515. The van der Waals surface area contributed by atoms with Gasteiger partial charge in [-0.1, -0.05) is 0 Å². The van der Waals surface area contributed by atoms with Gasteiger partial charge in [-0.15, -0.1) is 0 Å². The molecule has 2 nitrogen and oxygen atoms in total. The Bertz CT molecular complexity index is 9.61. The number of hydrogen-bond acceptors (Lipinski definition) is 0. The molecule has 4 heteroatoms. The summed E-state index contributed by atoms with van der Waals surface area (Å²) in [6, 6.07) is 0. The van der Waals surface area contributed by atoms with E-state index in [-0.39, 0.29) is 29.9 Å². The minimum absolute atomic E-state index is 0. The molecular weight excluding hydrogens is 243 g/mol. The van der Waals surface area contributed by atoms with Crippen molar-refractivity contribution in [2.24, 2.45) is 0 Å². The normalized spacial score (nSPS) is 3.60. The van der Waals surface area contributed by atoms with Crippen LogP contribution < -0.4 is 0 Å². The molecule has 34 valence electrons. The van der Waals surface area contributed by atoms with Crippen molar-refractivity contribution < 1.29 is 11.0 Å². The van der Waals surface area contributed by atoms with E-state index in [2.05, 4.69) is 17.6 Å². The van der Waals surface area contributed by atoms with Gasteiger partial charge in [0.25, 0.3) is 0 Å². The molecule has 0 fully saturated rings. The second-order valence-electron chi connectivity index (χ2n) is 0.189. The second-order valence-corrected chi connectivity index (χ2v) is 6.59. The summed E-state index contributed by atoms with van der Waals surface area (Å²) < 4.78 is 0. The Morgan fingerprint density at radius 2 is 1.40 bits per heavy atom. The molecule has 0 unspecified atom stereocenters. The summed E-state index contributed by atoms with van der Waals surface area (Å²) >= 11 is 3.36. The summed E-state index contributed by atoms with van der Waals surface area (Å²) in [6.45, 7) is 0. The molecule has 0 saturated carbocycles. The zero-order valence-electron chi connectivity index (χ0n) is 2.88. The molecule has 0 amide bonds. The minimum atomic E-state index is 0. The average molecular weight is 250 g/mol. The summed E-state index contributed by atoms with van der Waals surface area (Å²) in [5, 5.41) is 0. The Labute approximate surface area is 47.5 Å². The summed E-state index contributed by atoms with van der Waals surface area (Å²) in [4.78, 5) is 2.21. The number of halogens is 1. The van der Waals surface area contributed by atoms with Gasteiger partial charge >= 0.3 is 36.6 Å². The van der Waals surface area contributed by atoms with Crippen LogP contribution in [0.5, 0.6) is 0 Å². The fraction of sp³-hybridized carbons (Fsp3) is 1.00. The van der Waals surface area contributed by atoms with Crippen LogP contribution in [0.4, 0.5) is 0 Å².